The van der Waals surface area contributed by atoms with Crippen molar-refractivity contribution in [1.82, 2.24) is 19.3 Å². The number of fused-ring (bicyclic) bond motifs is 3. The minimum Gasteiger partial charge on any atom is -0.367 e. The number of nitrogens with one attached hydrogen (secondary N) is 2. The van der Waals surface area contributed by atoms with Crippen molar-refractivity contribution in [1.29, 1.82) is 0 Å². The molecule has 6 heteroatoms. The fourth-order valence-electron chi connectivity index (χ4n) is 2.96. The van der Waals surface area contributed by atoms with Crippen molar-refractivity contribution < 1.29 is 4.79 Å². The van der Waals surface area contributed by atoms with E-state index in [1.807, 2.05) is 40.8 Å². The van der Waals surface area contributed by atoms with Gasteiger partial charge in [-0.05, 0) is 18.2 Å². The molecule has 1 aliphatic rings. The third-order valence-electron chi connectivity index (χ3n) is 3.92. The molecule has 106 valence electrons. The average Bonchev–Trinajstić information content (AvgIpc) is 3.16. The molecule has 0 radical (unpaired) electrons. The molecule has 0 saturated heterocycles. The van der Waals surface area contributed by atoms with Crippen molar-refractivity contribution in [2.45, 2.75) is 13.1 Å². The van der Waals surface area contributed by atoms with Crippen LogP contribution >= 0.6 is 0 Å². The second kappa shape index (κ2) is 4.37. The normalized spacial score (nSPS) is 12.6. The third kappa shape index (κ3) is 1.72. The Hall–Kier alpha value is -2.76. The van der Waals surface area contributed by atoms with Crippen LogP contribution in [0, 0.1) is 0 Å². The van der Waals surface area contributed by atoms with E-state index in [9.17, 15) is 4.79 Å². The van der Waals surface area contributed by atoms with E-state index >= 15 is 0 Å². The number of hydrogen-bond donors (Lipinski definition) is 2. The first-order valence-electron chi connectivity index (χ1n) is 6.85. The molecule has 4 heterocycles. The Morgan fingerprint density at radius 1 is 1.48 bits per heavy atom. The van der Waals surface area contributed by atoms with Gasteiger partial charge in [0.05, 0.1) is 29.8 Å². The van der Waals surface area contributed by atoms with Gasteiger partial charge in [0.15, 0.2) is 0 Å². The highest BCUT2D eigenvalue weighted by Gasteiger charge is 2.22. The predicted octanol–water partition coefficient (Wildman–Crippen LogP) is 2.01. The maximum Gasteiger partial charge on any atom is 0.139 e. The first-order chi connectivity index (χ1) is 10.3. The number of carbonyl (C=O) groups excluding carboxylic acids is 1. The van der Waals surface area contributed by atoms with Gasteiger partial charge in [-0.1, -0.05) is 0 Å². The molecule has 1 aliphatic heterocycles. The molecular weight excluding hydrogens is 266 g/mol. The minimum atomic E-state index is 0.358. The summed E-state index contributed by atoms with van der Waals surface area (Å²) in [5.74, 6) is 1.000. The molecule has 2 N–H and O–H groups in total. The van der Waals surface area contributed by atoms with Crippen LogP contribution in [0.2, 0.25) is 0 Å². The highest BCUT2D eigenvalue weighted by molar-refractivity contribution is 5.83. The number of aromatic nitrogens is 4. The molecular formula is C15H15N5O. The number of carbonyl (C=O) groups is 1. The second-order valence-corrected chi connectivity index (χ2v) is 5.18. The summed E-state index contributed by atoms with van der Waals surface area (Å²) in [6.45, 7) is 1.13. The van der Waals surface area contributed by atoms with E-state index in [0.29, 0.717) is 6.54 Å². The molecule has 0 spiro atoms. The summed E-state index contributed by atoms with van der Waals surface area (Å²) in [7, 11) is 1.95. The maximum atomic E-state index is 10.8. The van der Waals surface area contributed by atoms with Crippen LogP contribution in [0.1, 0.15) is 5.56 Å². The van der Waals surface area contributed by atoms with Crippen molar-refractivity contribution in [3.05, 3.63) is 36.2 Å². The molecule has 0 amide bonds. The standard InChI is InChI=1S/C15H15N5O/c1-19-14-10(9-17-19)8-16-15-11(14)7-12(18-15)13-3-2-4-20(13)5-6-21/h2-4,6-7,9,16,18H,5,8H2,1H3. The Labute approximate surface area is 121 Å². The lowest BCUT2D eigenvalue weighted by Gasteiger charge is -2.14. The van der Waals surface area contributed by atoms with Crippen molar-refractivity contribution in [2.75, 3.05) is 5.32 Å². The molecule has 3 aromatic heterocycles. The molecule has 4 rings (SSSR count). The minimum absolute atomic E-state index is 0.358. The van der Waals surface area contributed by atoms with Crippen molar-refractivity contribution in [3.8, 4) is 22.6 Å². The van der Waals surface area contributed by atoms with Crippen LogP contribution in [0.25, 0.3) is 22.6 Å². The Morgan fingerprint density at radius 2 is 2.38 bits per heavy atom. The smallest absolute Gasteiger partial charge is 0.139 e. The fourth-order valence-corrected chi connectivity index (χ4v) is 2.96. The summed E-state index contributed by atoms with van der Waals surface area (Å²) < 4.78 is 3.82. The molecule has 0 aliphatic carbocycles. The Balaban J connectivity index is 1.85. The van der Waals surface area contributed by atoms with Gasteiger partial charge in [-0.2, -0.15) is 5.10 Å². The number of anilines is 1. The first-order valence-corrected chi connectivity index (χ1v) is 6.85. The summed E-state index contributed by atoms with van der Waals surface area (Å²) >= 11 is 0. The van der Waals surface area contributed by atoms with Gasteiger partial charge in [0, 0.05) is 30.9 Å². The van der Waals surface area contributed by atoms with E-state index in [2.05, 4.69) is 21.5 Å². The van der Waals surface area contributed by atoms with Gasteiger partial charge in [-0.25, -0.2) is 0 Å². The zero-order chi connectivity index (χ0) is 14.4. The summed E-state index contributed by atoms with van der Waals surface area (Å²) in [5.41, 5.74) is 5.44. The number of H-pyrrole nitrogens is 1. The van der Waals surface area contributed by atoms with Crippen LogP contribution in [0.15, 0.2) is 30.6 Å². The van der Waals surface area contributed by atoms with Crippen LogP contribution in [0.5, 0.6) is 0 Å². The number of rotatable bonds is 3. The molecule has 6 nitrogen and oxygen atoms in total. The van der Waals surface area contributed by atoms with Crippen molar-refractivity contribution in [3.63, 3.8) is 0 Å². The summed E-state index contributed by atoms with van der Waals surface area (Å²) in [6, 6.07) is 6.06. The van der Waals surface area contributed by atoms with Gasteiger partial charge in [0.1, 0.15) is 12.1 Å². The van der Waals surface area contributed by atoms with Gasteiger partial charge in [0.25, 0.3) is 0 Å². The fraction of sp³-hybridized carbons (Fsp3) is 0.200. The van der Waals surface area contributed by atoms with Crippen LogP contribution in [-0.2, 0) is 24.9 Å². The lowest BCUT2D eigenvalue weighted by atomic mass is 10.1. The topological polar surface area (TPSA) is 67.6 Å². The lowest BCUT2D eigenvalue weighted by Crippen LogP contribution is -2.08. The van der Waals surface area contributed by atoms with E-state index in [4.69, 9.17) is 0 Å². The SMILES string of the molecule is Cn1ncc2c1-c1cc(-c3cccn3CC=O)[nH]c1NC2. The largest absolute Gasteiger partial charge is 0.367 e. The lowest BCUT2D eigenvalue weighted by molar-refractivity contribution is -0.108. The van der Waals surface area contributed by atoms with E-state index in [-0.39, 0.29) is 0 Å². The number of aromatic amines is 1. The zero-order valence-corrected chi connectivity index (χ0v) is 11.6. The van der Waals surface area contributed by atoms with Crippen molar-refractivity contribution >= 4 is 12.1 Å². The quantitative estimate of drug-likeness (QED) is 0.722. The molecule has 0 atom stereocenters. The molecule has 21 heavy (non-hydrogen) atoms. The maximum absolute atomic E-state index is 10.8. The number of aldehydes is 1. The molecule has 0 unspecified atom stereocenters. The highest BCUT2D eigenvalue weighted by Crippen LogP contribution is 2.38. The Kier molecular flexibility index (Phi) is 2.50. The van der Waals surface area contributed by atoms with E-state index in [0.717, 1.165) is 41.3 Å². The van der Waals surface area contributed by atoms with E-state index in [1.54, 1.807) is 0 Å². The van der Waals surface area contributed by atoms with Gasteiger partial charge < -0.3 is 19.7 Å². The predicted molar refractivity (Wildman–Crippen MR) is 79.8 cm³/mol. The molecule has 0 fully saturated rings. The zero-order valence-electron chi connectivity index (χ0n) is 11.6. The van der Waals surface area contributed by atoms with Gasteiger partial charge >= 0.3 is 0 Å². The molecule has 0 saturated carbocycles. The van der Waals surface area contributed by atoms with Crippen LogP contribution in [0.4, 0.5) is 5.82 Å². The van der Waals surface area contributed by atoms with Crippen LogP contribution in [-0.4, -0.2) is 25.6 Å². The van der Waals surface area contributed by atoms with Crippen LogP contribution < -0.4 is 5.32 Å². The van der Waals surface area contributed by atoms with Crippen LogP contribution in [0.3, 0.4) is 0 Å². The summed E-state index contributed by atoms with van der Waals surface area (Å²) in [5, 5.41) is 7.71. The van der Waals surface area contributed by atoms with Gasteiger partial charge in [-0.3, -0.25) is 4.68 Å². The molecule has 3 aromatic rings. The highest BCUT2D eigenvalue weighted by atomic mass is 16.1. The van der Waals surface area contributed by atoms with Gasteiger partial charge in [-0.15, -0.1) is 0 Å². The molecule has 0 aromatic carbocycles. The summed E-state index contributed by atoms with van der Waals surface area (Å²) in [6.07, 6.45) is 4.71. The monoisotopic (exact) mass is 281 g/mol. The summed E-state index contributed by atoms with van der Waals surface area (Å²) in [4.78, 5) is 14.2. The Morgan fingerprint density at radius 3 is 3.24 bits per heavy atom. The number of hydrogen-bond acceptors (Lipinski definition) is 3. The van der Waals surface area contributed by atoms with E-state index < -0.39 is 0 Å². The third-order valence-corrected chi connectivity index (χ3v) is 3.92. The number of nitrogens with zero attached hydrogens (tertiary/aromatic N) is 3. The second-order valence-electron chi connectivity index (χ2n) is 5.18. The first kappa shape index (κ1) is 12.0. The van der Waals surface area contributed by atoms with Gasteiger partial charge in [0.2, 0.25) is 0 Å². The van der Waals surface area contributed by atoms with Crippen molar-refractivity contribution in [2.24, 2.45) is 7.05 Å². The average molecular weight is 281 g/mol. The van der Waals surface area contributed by atoms with E-state index in [1.165, 1.54) is 5.56 Å². The Bertz CT molecular complexity index is 823. The number of aryl methyl sites for hydroxylation is 1. The molecule has 0 bridgehead atoms.